The Kier molecular flexibility index (Phi) is 2.71. The zero-order chi connectivity index (χ0) is 13.4. The maximum atomic E-state index is 5.85. The summed E-state index contributed by atoms with van der Waals surface area (Å²) in [6.45, 7) is 4.06. The lowest BCUT2D eigenvalue weighted by Gasteiger charge is -2.11. The second-order valence-corrected chi connectivity index (χ2v) is 4.85. The highest BCUT2D eigenvalue weighted by atomic mass is 14.7. The van der Waals surface area contributed by atoms with E-state index >= 15 is 0 Å². The van der Waals surface area contributed by atoms with Crippen molar-refractivity contribution in [2.24, 2.45) is 0 Å². The Hall–Kier alpha value is -2.35. The molecule has 0 saturated heterocycles. The summed E-state index contributed by atoms with van der Waals surface area (Å²) in [5.41, 5.74) is 10.9. The van der Waals surface area contributed by atoms with Crippen LogP contribution in [0, 0.1) is 13.8 Å². The van der Waals surface area contributed by atoms with Gasteiger partial charge in [0.2, 0.25) is 0 Å². The third-order valence-electron chi connectivity index (χ3n) is 3.52. The standard InChI is InChI=1S/C17H16N2/c1-11-7-8-13-5-3-4-6-14(13)17(11)16-10-9-15(18)12(2)19-16/h3-10H,18H2,1-2H3. The number of aromatic nitrogens is 1. The Morgan fingerprint density at radius 1 is 0.895 bits per heavy atom. The molecule has 1 heterocycles. The molecule has 3 rings (SSSR count). The predicted octanol–water partition coefficient (Wildman–Crippen LogP) is 4.10. The number of fused-ring (bicyclic) bond motifs is 1. The molecule has 0 atom stereocenters. The van der Waals surface area contributed by atoms with Crippen molar-refractivity contribution < 1.29 is 0 Å². The molecule has 0 unspecified atom stereocenters. The van der Waals surface area contributed by atoms with Crippen LogP contribution in [0.25, 0.3) is 22.0 Å². The third kappa shape index (κ3) is 1.95. The van der Waals surface area contributed by atoms with Crippen LogP contribution in [0.1, 0.15) is 11.3 Å². The first-order valence-electron chi connectivity index (χ1n) is 6.38. The molecule has 2 heteroatoms. The van der Waals surface area contributed by atoms with Gasteiger partial charge in [0, 0.05) is 5.56 Å². The zero-order valence-corrected chi connectivity index (χ0v) is 11.1. The molecule has 2 nitrogen and oxygen atoms in total. The van der Waals surface area contributed by atoms with Crippen molar-refractivity contribution >= 4 is 16.5 Å². The van der Waals surface area contributed by atoms with Gasteiger partial charge < -0.3 is 5.73 Å². The minimum atomic E-state index is 0.738. The first-order chi connectivity index (χ1) is 9.16. The first kappa shape index (κ1) is 11.7. The summed E-state index contributed by atoms with van der Waals surface area (Å²) < 4.78 is 0. The van der Waals surface area contributed by atoms with E-state index in [2.05, 4.69) is 48.3 Å². The van der Waals surface area contributed by atoms with E-state index in [1.54, 1.807) is 0 Å². The Labute approximate surface area is 112 Å². The quantitative estimate of drug-likeness (QED) is 0.704. The van der Waals surface area contributed by atoms with Crippen molar-refractivity contribution in [3.8, 4) is 11.3 Å². The van der Waals surface area contributed by atoms with Gasteiger partial charge in [0.05, 0.1) is 17.1 Å². The van der Waals surface area contributed by atoms with Crippen LogP contribution < -0.4 is 5.73 Å². The van der Waals surface area contributed by atoms with Gasteiger partial charge in [-0.2, -0.15) is 0 Å². The lowest BCUT2D eigenvalue weighted by atomic mass is 9.97. The number of hydrogen-bond donors (Lipinski definition) is 1. The average Bonchev–Trinajstić information content (AvgIpc) is 2.42. The van der Waals surface area contributed by atoms with Crippen LogP contribution >= 0.6 is 0 Å². The number of hydrogen-bond acceptors (Lipinski definition) is 2. The molecule has 0 aliphatic carbocycles. The van der Waals surface area contributed by atoms with Gasteiger partial charge in [0.15, 0.2) is 0 Å². The Morgan fingerprint density at radius 3 is 2.47 bits per heavy atom. The normalized spacial score (nSPS) is 10.8. The molecule has 2 N–H and O–H groups in total. The van der Waals surface area contributed by atoms with Gasteiger partial charge in [-0.05, 0) is 42.3 Å². The van der Waals surface area contributed by atoms with Crippen molar-refractivity contribution in [1.82, 2.24) is 4.98 Å². The molecule has 0 saturated carbocycles. The summed E-state index contributed by atoms with van der Waals surface area (Å²) >= 11 is 0. The van der Waals surface area contributed by atoms with Gasteiger partial charge in [-0.1, -0.05) is 36.4 Å². The second kappa shape index (κ2) is 4.39. The number of rotatable bonds is 1. The van der Waals surface area contributed by atoms with E-state index < -0.39 is 0 Å². The summed E-state index contributed by atoms with van der Waals surface area (Å²) in [6.07, 6.45) is 0. The largest absolute Gasteiger partial charge is 0.397 e. The summed E-state index contributed by atoms with van der Waals surface area (Å²) in [5.74, 6) is 0. The van der Waals surface area contributed by atoms with Crippen LogP contribution in [-0.4, -0.2) is 4.98 Å². The molecule has 1 aromatic heterocycles. The van der Waals surface area contributed by atoms with Gasteiger partial charge in [-0.3, -0.25) is 4.98 Å². The fourth-order valence-corrected chi connectivity index (χ4v) is 2.43. The Balaban J connectivity index is 2.34. The van der Waals surface area contributed by atoms with Crippen molar-refractivity contribution in [2.75, 3.05) is 5.73 Å². The van der Waals surface area contributed by atoms with Gasteiger partial charge in [0.25, 0.3) is 0 Å². The molecule has 0 radical (unpaired) electrons. The van der Waals surface area contributed by atoms with Gasteiger partial charge in [-0.15, -0.1) is 0 Å². The lowest BCUT2D eigenvalue weighted by Crippen LogP contribution is -1.96. The SMILES string of the molecule is Cc1ccc2ccccc2c1-c1ccc(N)c(C)n1. The molecule has 0 spiro atoms. The maximum Gasteiger partial charge on any atom is 0.0715 e. The van der Waals surface area contributed by atoms with Crippen molar-refractivity contribution in [1.29, 1.82) is 0 Å². The van der Waals surface area contributed by atoms with Gasteiger partial charge in [-0.25, -0.2) is 0 Å². The minimum absolute atomic E-state index is 0.738. The highest BCUT2D eigenvalue weighted by Gasteiger charge is 2.09. The molecule has 94 valence electrons. The number of nitrogens with zero attached hydrogens (tertiary/aromatic N) is 1. The first-order valence-corrected chi connectivity index (χ1v) is 6.38. The number of anilines is 1. The van der Waals surface area contributed by atoms with Crippen LogP contribution in [-0.2, 0) is 0 Å². The summed E-state index contributed by atoms with van der Waals surface area (Å²) in [6, 6.07) is 16.6. The second-order valence-electron chi connectivity index (χ2n) is 4.85. The highest BCUT2D eigenvalue weighted by Crippen LogP contribution is 2.31. The van der Waals surface area contributed by atoms with Crippen LogP contribution in [0.15, 0.2) is 48.5 Å². The number of nitrogens with two attached hydrogens (primary N) is 1. The summed E-state index contributed by atoms with van der Waals surface area (Å²) in [4.78, 5) is 4.63. The average molecular weight is 248 g/mol. The van der Waals surface area contributed by atoms with E-state index in [1.165, 1.54) is 21.9 Å². The van der Waals surface area contributed by atoms with E-state index in [-0.39, 0.29) is 0 Å². The topological polar surface area (TPSA) is 38.9 Å². The van der Waals surface area contributed by atoms with Crippen molar-refractivity contribution in [2.45, 2.75) is 13.8 Å². The molecular weight excluding hydrogens is 232 g/mol. The lowest BCUT2D eigenvalue weighted by molar-refractivity contribution is 1.21. The van der Waals surface area contributed by atoms with E-state index in [1.807, 2.05) is 19.1 Å². The zero-order valence-electron chi connectivity index (χ0n) is 11.1. The molecule has 0 bridgehead atoms. The molecule has 0 aliphatic rings. The fourth-order valence-electron chi connectivity index (χ4n) is 2.43. The van der Waals surface area contributed by atoms with Crippen LogP contribution in [0.5, 0.6) is 0 Å². The van der Waals surface area contributed by atoms with Crippen molar-refractivity contribution in [3.63, 3.8) is 0 Å². The van der Waals surface area contributed by atoms with Gasteiger partial charge >= 0.3 is 0 Å². The van der Waals surface area contributed by atoms with Crippen LogP contribution in [0.2, 0.25) is 0 Å². The molecular formula is C17H16N2. The molecule has 0 amide bonds. The number of nitrogen functional groups attached to an aromatic ring is 1. The van der Waals surface area contributed by atoms with E-state index in [9.17, 15) is 0 Å². The van der Waals surface area contributed by atoms with E-state index in [0.717, 1.165) is 17.1 Å². The van der Waals surface area contributed by atoms with Crippen LogP contribution in [0.4, 0.5) is 5.69 Å². The highest BCUT2D eigenvalue weighted by molar-refractivity contribution is 5.97. The molecule has 19 heavy (non-hydrogen) atoms. The van der Waals surface area contributed by atoms with Crippen molar-refractivity contribution in [3.05, 3.63) is 59.8 Å². The smallest absolute Gasteiger partial charge is 0.0715 e. The third-order valence-corrected chi connectivity index (χ3v) is 3.52. The summed E-state index contributed by atoms with van der Waals surface area (Å²) in [5, 5.41) is 2.47. The number of benzene rings is 2. The van der Waals surface area contributed by atoms with Crippen LogP contribution in [0.3, 0.4) is 0 Å². The molecule has 0 aliphatic heterocycles. The predicted molar refractivity (Wildman–Crippen MR) is 81.1 cm³/mol. The van der Waals surface area contributed by atoms with E-state index in [4.69, 9.17) is 5.73 Å². The monoisotopic (exact) mass is 248 g/mol. The van der Waals surface area contributed by atoms with E-state index in [0.29, 0.717) is 0 Å². The number of pyridine rings is 1. The Morgan fingerprint density at radius 2 is 1.68 bits per heavy atom. The molecule has 0 fully saturated rings. The number of aryl methyl sites for hydroxylation is 2. The van der Waals surface area contributed by atoms with Gasteiger partial charge in [0.1, 0.15) is 0 Å². The Bertz CT molecular complexity index is 760. The molecule has 3 aromatic rings. The fraction of sp³-hybridized carbons (Fsp3) is 0.118. The maximum absolute atomic E-state index is 5.85. The minimum Gasteiger partial charge on any atom is -0.397 e. The summed E-state index contributed by atoms with van der Waals surface area (Å²) in [7, 11) is 0. The molecule has 2 aromatic carbocycles.